The molecule has 0 unspecified atom stereocenters. The van der Waals surface area contributed by atoms with E-state index in [0.717, 1.165) is 5.56 Å². The summed E-state index contributed by atoms with van der Waals surface area (Å²) >= 11 is 5.07. The molecule has 0 aliphatic rings. The molecule has 0 atom stereocenters. The van der Waals surface area contributed by atoms with E-state index in [1.165, 1.54) is 0 Å². The van der Waals surface area contributed by atoms with E-state index in [1.54, 1.807) is 30.3 Å². The average molecular weight is 325 g/mol. The number of hydrogen-bond donors (Lipinski definition) is 2. The molecule has 116 valence electrons. The summed E-state index contributed by atoms with van der Waals surface area (Å²) in [5, 5.41) is 14.4. The van der Waals surface area contributed by atoms with E-state index in [-0.39, 0.29) is 17.6 Å². The molecule has 0 aliphatic carbocycles. The number of hydrogen-bond acceptors (Lipinski definition) is 4. The quantitative estimate of drug-likeness (QED) is 0.846. The van der Waals surface area contributed by atoms with E-state index in [2.05, 4.69) is 10.6 Å². The summed E-state index contributed by atoms with van der Waals surface area (Å²) in [5.74, 6) is 0.297. The van der Waals surface area contributed by atoms with Crippen LogP contribution >= 0.6 is 12.2 Å². The summed E-state index contributed by atoms with van der Waals surface area (Å²) in [4.78, 5) is 11.8. The van der Waals surface area contributed by atoms with Gasteiger partial charge in [0, 0.05) is 5.69 Å². The first kappa shape index (κ1) is 16.5. The van der Waals surface area contributed by atoms with Gasteiger partial charge in [0.05, 0.1) is 11.6 Å². The van der Waals surface area contributed by atoms with Gasteiger partial charge < -0.3 is 10.1 Å². The van der Waals surface area contributed by atoms with Crippen LogP contribution in [0.3, 0.4) is 0 Å². The van der Waals surface area contributed by atoms with Crippen molar-refractivity contribution in [1.82, 2.24) is 5.32 Å². The number of nitrogens with one attached hydrogen (secondary N) is 2. The molecule has 6 heteroatoms. The molecule has 23 heavy (non-hydrogen) atoms. The lowest BCUT2D eigenvalue weighted by atomic mass is 10.2. The Balaban J connectivity index is 1.84. The lowest BCUT2D eigenvalue weighted by Gasteiger charge is -2.11. The van der Waals surface area contributed by atoms with Crippen LogP contribution in [-0.2, 0) is 4.79 Å². The first-order valence-corrected chi connectivity index (χ1v) is 7.29. The zero-order valence-corrected chi connectivity index (χ0v) is 13.3. The second kappa shape index (κ2) is 7.92. The third-order valence-corrected chi connectivity index (χ3v) is 3.16. The van der Waals surface area contributed by atoms with Gasteiger partial charge >= 0.3 is 0 Å². The van der Waals surface area contributed by atoms with Gasteiger partial charge in [0.25, 0.3) is 5.91 Å². The molecule has 0 radical (unpaired) electrons. The standard InChI is InChI=1S/C17H15N3O2S/c1-12-5-2-3-8-15(12)22-11-16(21)20-17(23)19-14-7-4-6-13(9-14)10-18/h2-9H,11H2,1H3,(H2,19,20,21,23). The Bertz CT molecular complexity index is 768. The van der Waals surface area contributed by atoms with Crippen LogP contribution < -0.4 is 15.4 Å². The van der Waals surface area contributed by atoms with Crippen molar-refractivity contribution in [1.29, 1.82) is 5.26 Å². The summed E-state index contributed by atoms with van der Waals surface area (Å²) in [6.45, 7) is 1.77. The average Bonchev–Trinajstić information content (AvgIpc) is 2.54. The summed E-state index contributed by atoms with van der Waals surface area (Å²) in [7, 11) is 0. The Labute approximate surface area is 139 Å². The van der Waals surface area contributed by atoms with Gasteiger partial charge in [0.2, 0.25) is 0 Å². The Morgan fingerprint density at radius 1 is 1.26 bits per heavy atom. The summed E-state index contributed by atoms with van der Waals surface area (Å²) in [6, 6.07) is 16.3. The van der Waals surface area contributed by atoms with Crippen molar-refractivity contribution >= 4 is 28.9 Å². The summed E-state index contributed by atoms with van der Waals surface area (Å²) in [6.07, 6.45) is 0. The van der Waals surface area contributed by atoms with Crippen molar-refractivity contribution in [3.8, 4) is 11.8 Å². The van der Waals surface area contributed by atoms with Crippen LogP contribution in [-0.4, -0.2) is 17.6 Å². The summed E-state index contributed by atoms with van der Waals surface area (Å²) in [5.41, 5.74) is 2.09. The number of ether oxygens (including phenoxy) is 1. The fourth-order valence-corrected chi connectivity index (χ4v) is 2.08. The van der Waals surface area contributed by atoms with Gasteiger partial charge in [-0.15, -0.1) is 0 Å². The van der Waals surface area contributed by atoms with Crippen LogP contribution in [0.2, 0.25) is 0 Å². The normalized spacial score (nSPS) is 9.57. The monoisotopic (exact) mass is 325 g/mol. The second-order valence-corrected chi connectivity index (χ2v) is 5.16. The van der Waals surface area contributed by atoms with Gasteiger partial charge in [-0.1, -0.05) is 24.3 Å². The van der Waals surface area contributed by atoms with Crippen LogP contribution in [0, 0.1) is 18.3 Å². The molecule has 0 fully saturated rings. The molecule has 2 aromatic rings. The molecular formula is C17H15N3O2S. The minimum absolute atomic E-state index is 0.134. The number of nitriles is 1. The van der Waals surface area contributed by atoms with Gasteiger partial charge in [0.15, 0.2) is 11.7 Å². The highest BCUT2D eigenvalue weighted by Gasteiger charge is 2.07. The van der Waals surface area contributed by atoms with Crippen LogP contribution in [0.5, 0.6) is 5.75 Å². The highest BCUT2D eigenvalue weighted by Crippen LogP contribution is 2.15. The lowest BCUT2D eigenvalue weighted by molar-refractivity contribution is -0.121. The predicted octanol–water partition coefficient (Wildman–Crippen LogP) is 2.76. The van der Waals surface area contributed by atoms with E-state index in [9.17, 15) is 4.79 Å². The van der Waals surface area contributed by atoms with Gasteiger partial charge in [-0.25, -0.2) is 0 Å². The van der Waals surface area contributed by atoms with Crippen molar-refractivity contribution in [2.24, 2.45) is 0 Å². The van der Waals surface area contributed by atoms with E-state index in [1.807, 2.05) is 31.2 Å². The van der Waals surface area contributed by atoms with Gasteiger partial charge in [0.1, 0.15) is 5.75 Å². The molecule has 0 aromatic heterocycles. The third kappa shape index (κ3) is 5.09. The first-order chi connectivity index (χ1) is 11.1. The number of aryl methyl sites for hydroxylation is 1. The van der Waals surface area contributed by atoms with Crippen molar-refractivity contribution in [3.63, 3.8) is 0 Å². The topological polar surface area (TPSA) is 74.2 Å². The zero-order valence-electron chi connectivity index (χ0n) is 12.5. The Morgan fingerprint density at radius 3 is 2.78 bits per heavy atom. The maximum atomic E-state index is 11.8. The minimum Gasteiger partial charge on any atom is -0.483 e. The predicted molar refractivity (Wildman–Crippen MR) is 92.2 cm³/mol. The lowest BCUT2D eigenvalue weighted by Crippen LogP contribution is -2.37. The van der Waals surface area contributed by atoms with Crippen molar-refractivity contribution < 1.29 is 9.53 Å². The Hall–Kier alpha value is -2.91. The minimum atomic E-state index is -0.359. The van der Waals surface area contributed by atoms with Crippen LogP contribution in [0.1, 0.15) is 11.1 Å². The van der Waals surface area contributed by atoms with Crippen molar-refractivity contribution in [3.05, 3.63) is 59.7 Å². The fraction of sp³-hybridized carbons (Fsp3) is 0.118. The van der Waals surface area contributed by atoms with Gasteiger partial charge in [-0.05, 0) is 49.0 Å². The van der Waals surface area contributed by atoms with Crippen LogP contribution in [0.25, 0.3) is 0 Å². The molecule has 2 N–H and O–H groups in total. The Morgan fingerprint density at radius 2 is 2.04 bits per heavy atom. The number of rotatable bonds is 4. The second-order valence-electron chi connectivity index (χ2n) is 4.75. The number of nitrogens with zero attached hydrogens (tertiary/aromatic N) is 1. The first-order valence-electron chi connectivity index (χ1n) is 6.88. The number of amides is 1. The molecule has 2 aromatic carbocycles. The third-order valence-electron chi connectivity index (χ3n) is 2.95. The molecule has 1 amide bonds. The van der Waals surface area contributed by atoms with Crippen molar-refractivity contribution in [2.45, 2.75) is 6.92 Å². The number of anilines is 1. The number of benzene rings is 2. The molecule has 0 aliphatic heterocycles. The van der Waals surface area contributed by atoms with E-state index < -0.39 is 0 Å². The van der Waals surface area contributed by atoms with E-state index >= 15 is 0 Å². The molecule has 0 saturated carbocycles. The van der Waals surface area contributed by atoms with Gasteiger partial charge in [-0.2, -0.15) is 5.26 Å². The highest BCUT2D eigenvalue weighted by molar-refractivity contribution is 7.80. The number of carbonyl (C=O) groups is 1. The molecule has 0 spiro atoms. The molecule has 0 saturated heterocycles. The molecule has 0 bridgehead atoms. The summed E-state index contributed by atoms with van der Waals surface area (Å²) < 4.78 is 5.44. The van der Waals surface area contributed by atoms with Crippen LogP contribution in [0.4, 0.5) is 5.69 Å². The zero-order chi connectivity index (χ0) is 16.7. The molecule has 0 heterocycles. The fourth-order valence-electron chi connectivity index (χ4n) is 1.85. The number of para-hydroxylation sites is 1. The molecule has 2 rings (SSSR count). The maximum Gasteiger partial charge on any atom is 0.264 e. The van der Waals surface area contributed by atoms with Crippen LogP contribution in [0.15, 0.2) is 48.5 Å². The van der Waals surface area contributed by atoms with Crippen molar-refractivity contribution in [2.75, 3.05) is 11.9 Å². The van der Waals surface area contributed by atoms with E-state index in [4.69, 9.17) is 22.2 Å². The highest BCUT2D eigenvalue weighted by atomic mass is 32.1. The number of carbonyl (C=O) groups excluding carboxylic acids is 1. The maximum absolute atomic E-state index is 11.8. The smallest absolute Gasteiger partial charge is 0.264 e. The number of thiocarbonyl (C=S) groups is 1. The molecular weight excluding hydrogens is 310 g/mol. The largest absolute Gasteiger partial charge is 0.483 e. The molecule has 5 nitrogen and oxygen atoms in total. The van der Waals surface area contributed by atoms with E-state index in [0.29, 0.717) is 17.0 Å². The SMILES string of the molecule is Cc1ccccc1OCC(=O)NC(=S)Nc1cccc(C#N)c1. The Kier molecular flexibility index (Phi) is 5.67. The van der Waals surface area contributed by atoms with Gasteiger partial charge in [-0.3, -0.25) is 10.1 Å².